The number of carbonyl (C=O) groups is 2. The van der Waals surface area contributed by atoms with Gasteiger partial charge < -0.3 is 39.8 Å². The average Bonchev–Trinajstić information content (AvgIpc) is 3.45. The van der Waals surface area contributed by atoms with Gasteiger partial charge in [-0.25, -0.2) is 4.79 Å². The lowest BCUT2D eigenvalue weighted by atomic mass is 9.47. The summed E-state index contributed by atoms with van der Waals surface area (Å²) in [6.07, 6.45) is 5.83. The van der Waals surface area contributed by atoms with E-state index in [1.807, 2.05) is 62.2 Å². The molecule has 1 aromatic heterocycles. The number of carbonyl (C=O) groups excluding carboxylic acids is 1. The van der Waals surface area contributed by atoms with Gasteiger partial charge in [0.1, 0.15) is 17.3 Å². The number of anilines is 1. The Kier molecular flexibility index (Phi) is 7.54. The quantitative estimate of drug-likeness (QED) is 0.185. The molecule has 4 fully saturated rings. The van der Waals surface area contributed by atoms with Crippen molar-refractivity contribution in [3.05, 3.63) is 70.9 Å². The van der Waals surface area contributed by atoms with Crippen LogP contribution >= 0.6 is 0 Å². The Morgan fingerprint density at radius 2 is 1.80 bits per heavy atom. The van der Waals surface area contributed by atoms with Gasteiger partial charge >= 0.3 is 11.9 Å². The lowest BCUT2D eigenvalue weighted by Crippen LogP contribution is -2.80. The highest BCUT2D eigenvalue weighted by atomic mass is 16.5. The molecule has 7 aliphatic rings. The minimum Gasteiger partial charge on any atom is -0.496 e. The summed E-state index contributed by atoms with van der Waals surface area (Å²) < 4.78 is 12.3. The first-order chi connectivity index (χ1) is 26.8. The number of H-pyrrole nitrogens is 1. The van der Waals surface area contributed by atoms with E-state index in [4.69, 9.17) is 9.47 Å². The second-order valence-electron chi connectivity index (χ2n) is 18.3. The number of aromatic nitrogens is 1. The number of aliphatic hydroxyl groups excluding tert-OH is 1. The first-order valence-electron chi connectivity index (χ1n) is 20.4. The van der Waals surface area contributed by atoms with Gasteiger partial charge in [-0.3, -0.25) is 14.6 Å². The molecule has 0 amide bonds. The van der Waals surface area contributed by atoms with Crippen LogP contribution in [-0.4, -0.2) is 131 Å². The number of aliphatic hydroxyl groups is 3. The molecule has 5 N–H and O–H groups in total. The van der Waals surface area contributed by atoms with E-state index in [1.54, 1.807) is 7.11 Å². The third-order valence-corrected chi connectivity index (χ3v) is 16.2. The van der Waals surface area contributed by atoms with Crippen molar-refractivity contribution in [1.29, 1.82) is 0 Å². The van der Waals surface area contributed by atoms with Gasteiger partial charge in [0.2, 0.25) is 5.60 Å². The number of esters is 1. The Labute approximate surface area is 327 Å². The first kappa shape index (κ1) is 36.4. The summed E-state index contributed by atoms with van der Waals surface area (Å²) in [6.45, 7) is 7.33. The van der Waals surface area contributed by atoms with E-state index in [0.29, 0.717) is 75.2 Å². The molecule has 5 aliphatic heterocycles. The SMILES string of the molecule is CC[C@@]1(O)CN2CCc3c([nH]c4ccccc34)[C@@](C(=O)OC)(c3cc4c(cc3OC)N(C)[C@H]3[C@@](O)(C(=O)O)[C@H](O)[C@]5(CC)C=CCN6CC[C@]43[C@@H]65)[C@@H]3CC3(C2)C1. The second kappa shape index (κ2) is 11.6. The van der Waals surface area contributed by atoms with Crippen molar-refractivity contribution in [3.8, 4) is 5.75 Å². The second-order valence-corrected chi connectivity index (χ2v) is 18.3. The number of hydrogen-bond donors (Lipinski definition) is 5. The van der Waals surface area contributed by atoms with Gasteiger partial charge in [0.25, 0.3) is 0 Å². The van der Waals surface area contributed by atoms with Crippen molar-refractivity contribution in [2.75, 3.05) is 58.9 Å². The zero-order valence-corrected chi connectivity index (χ0v) is 33.0. The number of aromatic amines is 1. The van der Waals surface area contributed by atoms with Crippen LogP contribution in [0, 0.1) is 16.7 Å². The molecule has 2 unspecified atom stereocenters. The summed E-state index contributed by atoms with van der Waals surface area (Å²) in [5.74, 6) is -1.69. The van der Waals surface area contributed by atoms with Crippen LogP contribution in [0.3, 0.4) is 0 Å². The molecule has 2 aliphatic carbocycles. The van der Waals surface area contributed by atoms with Crippen LogP contribution in [-0.2, 0) is 31.6 Å². The van der Waals surface area contributed by atoms with Crippen LogP contribution in [0.2, 0.25) is 0 Å². The number of piperidine rings is 1. The third-order valence-electron chi connectivity index (χ3n) is 16.2. The van der Waals surface area contributed by atoms with Crippen LogP contribution in [0.4, 0.5) is 5.69 Å². The molecule has 298 valence electrons. The fourth-order valence-corrected chi connectivity index (χ4v) is 14.1. The van der Waals surface area contributed by atoms with Crippen molar-refractivity contribution in [1.82, 2.24) is 14.8 Å². The number of nitrogens with zero attached hydrogens (tertiary/aromatic N) is 3. The Morgan fingerprint density at radius 1 is 1.02 bits per heavy atom. The molecule has 11 atom stereocenters. The number of carboxylic acid groups (broad SMARTS) is 1. The Morgan fingerprint density at radius 3 is 2.52 bits per heavy atom. The normalized spacial score (nSPS) is 41.7. The maximum Gasteiger partial charge on any atom is 0.340 e. The van der Waals surface area contributed by atoms with E-state index < -0.39 is 56.9 Å². The van der Waals surface area contributed by atoms with Crippen LogP contribution in [0.15, 0.2) is 48.6 Å². The predicted molar refractivity (Wildman–Crippen MR) is 209 cm³/mol. The molecule has 2 aromatic carbocycles. The number of para-hydroxylation sites is 1. The van der Waals surface area contributed by atoms with Gasteiger partial charge in [-0.15, -0.1) is 0 Å². The Balaban J connectivity index is 1.30. The largest absolute Gasteiger partial charge is 0.496 e. The van der Waals surface area contributed by atoms with Gasteiger partial charge in [-0.2, -0.15) is 0 Å². The molecule has 10 rings (SSSR count). The molecule has 56 heavy (non-hydrogen) atoms. The lowest BCUT2D eigenvalue weighted by Gasteiger charge is -2.62. The summed E-state index contributed by atoms with van der Waals surface area (Å²) in [5.41, 5.74) is -2.31. The number of methoxy groups -OCH3 is 2. The van der Waals surface area contributed by atoms with Crippen molar-refractivity contribution >= 4 is 28.5 Å². The number of benzene rings is 2. The standard InChI is InChI=1S/C44H54N4O8/c1-6-40(53)22-39-21-32(39)43(38(52)56-5,33-26(13-17-47(23-39)24-40)25-11-8-9-12-29(25)45-33)28-19-27-30(20-31(28)55-4)46(3)35-42(27)15-18-48-16-10-14-41(7-2,34(42)48)36(49)44(35,54)37(50)51/h8-12,14,19-20,32,34-36,45,49,53-54H,6-7,13,15-18,21-24H2,1-5H3,(H,50,51)/t32-,34+,35-,36-,39?,40+,41-,42-,43-,44+/m1/s1. The molecule has 0 radical (unpaired) electrons. The van der Waals surface area contributed by atoms with E-state index in [1.165, 1.54) is 7.11 Å². The van der Waals surface area contributed by atoms with Crippen molar-refractivity contribution in [2.45, 2.75) is 92.6 Å². The first-order valence-corrected chi connectivity index (χ1v) is 20.4. The van der Waals surface area contributed by atoms with E-state index >= 15 is 4.79 Å². The highest BCUT2D eigenvalue weighted by molar-refractivity contribution is 5.95. The molecule has 2 spiro atoms. The van der Waals surface area contributed by atoms with Crippen LogP contribution < -0.4 is 9.64 Å². The molecule has 2 bridgehead atoms. The molecule has 2 saturated carbocycles. The van der Waals surface area contributed by atoms with E-state index in [2.05, 4.69) is 26.9 Å². The minimum absolute atomic E-state index is 0.274. The van der Waals surface area contributed by atoms with E-state index in [-0.39, 0.29) is 12.0 Å². The van der Waals surface area contributed by atoms with Gasteiger partial charge in [-0.1, -0.05) is 44.2 Å². The van der Waals surface area contributed by atoms with Gasteiger partial charge in [0.15, 0.2) is 0 Å². The number of fused-ring (bicyclic) bond motifs is 5. The zero-order chi connectivity index (χ0) is 39.4. The highest BCUT2D eigenvalue weighted by Gasteiger charge is 2.79. The third kappa shape index (κ3) is 4.07. The fraction of sp³-hybridized carbons (Fsp3) is 0.591. The Hall–Kier alpha value is -3.94. The summed E-state index contributed by atoms with van der Waals surface area (Å²) in [6, 6.07) is 10.8. The van der Waals surface area contributed by atoms with Crippen molar-refractivity contribution in [3.63, 3.8) is 0 Å². The summed E-state index contributed by atoms with van der Waals surface area (Å²) in [7, 11) is 4.85. The molecular formula is C44H54N4O8. The van der Waals surface area contributed by atoms with Crippen LogP contribution in [0.25, 0.3) is 10.9 Å². The monoisotopic (exact) mass is 766 g/mol. The number of nitrogens with one attached hydrogen (secondary N) is 1. The molecule has 12 nitrogen and oxygen atoms in total. The summed E-state index contributed by atoms with van der Waals surface area (Å²) in [4.78, 5) is 39.3. The zero-order valence-electron chi connectivity index (χ0n) is 33.0. The van der Waals surface area contributed by atoms with Crippen molar-refractivity contribution < 1.29 is 39.5 Å². The number of rotatable bonds is 6. The molecule has 6 heterocycles. The topological polar surface area (TPSA) is 159 Å². The molecular weight excluding hydrogens is 713 g/mol. The molecule has 2 saturated heterocycles. The van der Waals surface area contributed by atoms with Gasteiger partial charge in [0.05, 0.1) is 25.9 Å². The lowest BCUT2D eigenvalue weighted by molar-refractivity contribution is -0.215. The highest BCUT2D eigenvalue weighted by Crippen LogP contribution is 2.72. The number of aliphatic carboxylic acids is 1. The molecule has 12 heteroatoms. The maximum atomic E-state index is 15.4. The van der Waals surface area contributed by atoms with Crippen LogP contribution in [0.5, 0.6) is 5.75 Å². The number of carboxylic acids is 1. The average molecular weight is 767 g/mol. The summed E-state index contributed by atoms with van der Waals surface area (Å²) >= 11 is 0. The smallest absolute Gasteiger partial charge is 0.340 e. The maximum absolute atomic E-state index is 15.4. The van der Waals surface area contributed by atoms with Gasteiger partial charge in [-0.05, 0) is 79.7 Å². The predicted octanol–water partition coefficient (Wildman–Crippen LogP) is 3.33. The van der Waals surface area contributed by atoms with Gasteiger partial charge in [0, 0.05) is 84.0 Å². The van der Waals surface area contributed by atoms with E-state index in [9.17, 15) is 25.2 Å². The Bertz CT molecular complexity index is 2220. The minimum atomic E-state index is -2.52. The number of hydrogen-bond acceptors (Lipinski definition) is 10. The summed E-state index contributed by atoms with van der Waals surface area (Å²) in [5, 5.41) is 49.0. The number of ether oxygens (including phenoxy) is 2. The fourth-order valence-electron chi connectivity index (χ4n) is 14.1. The molecule has 3 aromatic rings. The van der Waals surface area contributed by atoms with E-state index in [0.717, 1.165) is 40.8 Å². The van der Waals surface area contributed by atoms with Crippen molar-refractivity contribution in [2.24, 2.45) is 16.7 Å². The number of likely N-dealkylation sites (N-methyl/N-ethyl adjacent to an activating group) is 1. The van der Waals surface area contributed by atoms with Crippen LogP contribution in [0.1, 0.15) is 68.3 Å².